The molecule has 0 saturated heterocycles. The SMILES string of the molecule is COc1ccc(CN(Cc2ccc(OC)cc2)S(=O)(=O)c2ccc(Oc3cccc(-c4c(C(C)C)nc5c(Cl)cccn45)c3)cc2)cc1. The van der Waals surface area contributed by atoms with Gasteiger partial charge in [0.1, 0.15) is 23.0 Å². The summed E-state index contributed by atoms with van der Waals surface area (Å²) in [6.45, 7) is 4.56. The van der Waals surface area contributed by atoms with Gasteiger partial charge in [0.05, 0.1) is 35.5 Å². The van der Waals surface area contributed by atoms with E-state index in [-0.39, 0.29) is 23.9 Å². The fourth-order valence-corrected chi connectivity index (χ4v) is 7.13. The predicted octanol–water partition coefficient (Wildman–Crippen LogP) is 8.98. The number of nitrogens with zero attached hydrogens (tertiary/aromatic N) is 3. The smallest absolute Gasteiger partial charge is 0.243 e. The molecule has 0 spiro atoms. The van der Waals surface area contributed by atoms with E-state index in [1.165, 1.54) is 4.31 Å². The second-order valence-corrected chi connectivity index (χ2v) is 14.0. The molecule has 2 heterocycles. The lowest BCUT2D eigenvalue weighted by Crippen LogP contribution is -2.30. The van der Waals surface area contributed by atoms with E-state index in [0.717, 1.165) is 28.1 Å². The van der Waals surface area contributed by atoms with Crippen LogP contribution in [0.5, 0.6) is 23.0 Å². The normalized spacial score (nSPS) is 11.7. The molecule has 2 aromatic heterocycles. The van der Waals surface area contributed by atoms with Gasteiger partial charge in [0.2, 0.25) is 10.0 Å². The maximum Gasteiger partial charge on any atom is 0.243 e. The predicted molar refractivity (Wildman–Crippen MR) is 189 cm³/mol. The van der Waals surface area contributed by atoms with Crippen LogP contribution in [0.2, 0.25) is 5.02 Å². The van der Waals surface area contributed by atoms with Crippen LogP contribution in [-0.4, -0.2) is 36.3 Å². The molecule has 0 bridgehead atoms. The summed E-state index contributed by atoms with van der Waals surface area (Å²) >= 11 is 6.48. The number of hydrogen-bond donors (Lipinski definition) is 0. The summed E-state index contributed by atoms with van der Waals surface area (Å²) in [7, 11) is -0.703. The Hall–Kier alpha value is -4.83. The first-order chi connectivity index (χ1) is 23.2. The lowest BCUT2D eigenvalue weighted by atomic mass is 10.0. The highest BCUT2D eigenvalue weighted by atomic mass is 35.5. The van der Waals surface area contributed by atoms with Gasteiger partial charge in [-0.3, -0.25) is 4.40 Å². The molecule has 0 saturated carbocycles. The van der Waals surface area contributed by atoms with Gasteiger partial charge in [-0.15, -0.1) is 0 Å². The molecular weight excluding hydrogens is 646 g/mol. The molecule has 0 amide bonds. The average molecular weight is 682 g/mol. The van der Waals surface area contributed by atoms with Crippen LogP contribution in [0.3, 0.4) is 0 Å². The standard InChI is InChI=1S/C38H36ClN3O5S/c1-26(2)36-37(42-22-6-9-35(39)38(42)40-36)29-7-5-8-33(23-29)47-32-18-20-34(21-19-32)48(43,44)41(24-27-10-14-30(45-3)15-11-27)25-28-12-16-31(46-4)17-13-28/h5-23,26H,24-25H2,1-4H3. The Morgan fingerprint density at radius 1 is 0.750 bits per heavy atom. The summed E-state index contributed by atoms with van der Waals surface area (Å²) in [6, 6.07) is 32.7. The average Bonchev–Trinajstić information content (AvgIpc) is 3.51. The van der Waals surface area contributed by atoms with E-state index in [1.807, 2.05) is 95.5 Å². The molecule has 48 heavy (non-hydrogen) atoms. The van der Waals surface area contributed by atoms with Crippen molar-refractivity contribution < 1.29 is 22.6 Å². The van der Waals surface area contributed by atoms with Crippen LogP contribution < -0.4 is 14.2 Å². The summed E-state index contributed by atoms with van der Waals surface area (Å²) in [5.74, 6) is 2.69. The van der Waals surface area contributed by atoms with E-state index in [0.29, 0.717) is 33.7 Å². The molecule has 0 aliphatic heterocycles. The number of benzene rings is 4. The van der Waals surface area contributed by atoms with Gasteiger partial charge in [0.25, 0.3) is 0 Å². The van der Waals surface area contributed by atoms with Crippen molar-refractivity contribution in [1.82, 2.24) is 13.7 Å². The number of ether oxygens (including phenoxy) is 3. The van der Waals surface area contributed by atoms with Crippen molar-refractivity contribution in [2.75, 3.05) is 14.2 Å². The number of methoxy groups -OCH3 is 2. The lowest BCUT2D eigenvalue weighted by Gasteiger charge is -2.23. The molecule has 10 heteroatoms. The number of fused-ring (bicyclic) bond motifs is 1. The van der Waals surface area contributed by atoms with Gasteiger partial charge in [-0.2, -0.15) is 4.31 Å². The highest BCUT2D eigenvalue weighted by Crippen LogP contribution is 2.35. The largest absolute Gasteiger partial charge is 0.497 e. The molecule has 0 radical (unpaired) electrons. The number of aromatic nitrogens is 2. The molecule has 8 nitrogen and oxygen atoms in total. The fraction of sp³-hybridized carbons (Fsp3) is 0.184. The first-order valence-electron chi connectivity index (χ1n) is 15.5. The van der Waals surface area contributed by atoms with Crippen LogP contribution in [0.1, 0.15) is 36.6 Å². The van der Waals surface area contributed by atoms with Crippen molar-refractivity contribution in [3.05, 3.63) is 137 Å². The zero-order valence-electron chi connectivity index (χ0n) is 27.1. The minimum absolute atomic E-state index is 0.162. The van der Waals surface area contributed by atoms with Crippen molar-refractivity contribution in [3.63, 3.8) is 0 Å². The van der Waals surface area contributed by atoms with Crippen molar-refractivity contribution in [1.29, 1.82) is 0 Å². The molecule has 4 aromatic carbocycles. The number of sulfonamides is 1. The Labute approximate surface area is 286 Å². The summed E-state index contributed by atoms with van der Waals surface area (Å²) in [6.07, 6.45) is 1.95. The number of rotatable bonds is 12. The molecule has 246 valence electrons. The number of imidazole rings is 1. The number of hydrogen-bond acceptors (Lipinski definition) is 6. The number of pyridine rings is 1. The van der Waals surface area contributed by atoms with E-state index in [4.69, 9.17) is 30.8 Å². The van der Waals surface area contributed by atoms with Gasteiger partial charge in [-0.1, -0.05) is 61.8 Å². The van der Waals surface area contributed by atoms with E-state index in [2.05, 4.69) is 13.8 Å². The molecule has 0 aliphatic carbocycles. The molecule has 6 rings (SSSR count). The molecule has 0 aliphatic rings. The topological polar surface area (TPSA) is 82.4 Å². The van der Waals surface area contributed by atoms with Gasteiger partial charge < -0.3 is 14.2 Å². The van der Waals surface area contributed by atoms with Crippen LogP contribution in [-0.2, 0) is 23.1 Å². The van der Waals surface area contributed by atoms with Crippen molar-refractivity contribution in [2.24, 2.45) is 0 Å². The maximum absolute atomic E-state index is 14.1. The van der Waals surface area contributed by atoms with Gasteiger partial charge in [-0.25, -0.2) is 13.4 Å². The molecule has 0 fully saturated rings. The Morgan fingerprint density at radius 3 is 1.90 bits per heavy atom. The van der Waals surface area contributed by atoms with Crippen LogP contribution in [0, 0.1) is 0 Å². The van der Waals surface area contributed by atoms with Crippen molar-refractivity contribution in [3.8, 4) is 34.3 Å². The van der Waals surface area contributed by atoms with Crippen LogP contribution in [0.25, 0.3) is 16.9 Å². The molecule has 0 N–H and O–H groups in total. The lowest BCUT2D eigenvalue weighted by molar-refractivity contribution is 0.397. The van der Waals surface area contributed by atoms with Gasteiger partial charge in [0, 0.05) is 24.8 Å². The van der Waals surface area contributed by atoms with Crippen LogP contribution in [0.4, 0.5) is 0 Å². The monoisotopic (exact) mass is 681 g/mol. The Kier molecular flexibility index (Phi) is 9.73. The summed E-state index contributed by atoms with van der Waals surface area (Å²) < 4.78 is 48.4. The third-order valence-electron chi connectivity index (χ3n) is 8.02. The molecule has 0 unspecified atom stereocenters. The molecule has 6 aromatic rings. The molecule has 0 atom stereocenters. The molecular formula is C38H36ClN3O5S. The minimum atomic E-state index is -3.90. The highest BCUT2D eigenvalue weighted by molar-refractivity contribution is 7.89. The number of halogens is 1. The minimum Gasteiger partial charge on any atom is -0.497 e. The van der Waals surface area contributed by atoms with Crippen LogP contribution in [0.15, 0.2) is 120 Å². The first kappa shape index (κ1) is 33.1. The highest BCUT2D eigenvalue weighted by Gasteiger charge is 2.26. The zero-order valence-corrected chi connectivity index (χ0v) is 28.7. The Bertz CT molecular complexity index is 2080. The third kappa shape index (κ3) is 7.04. The van der Waals surface area contributed by atoms with E-state index in [1.54, 1.807) is 38.5 Å². The first-order valence-corrected chi connectivity index (χ1v) is 17.3. The Balaban J connectivity index is 1.26. The second kappa shape index (κ2) is 14.1. The second-order valence-electron chi connectivity index (χ2n) is 11.6. The summed E-state index contributed by atoms with van der Waals surface area (Å²) in [5.41, 5.74) is 5.18. The van der Waals surface area contributed by atoms with E-state index in [9.17, 15) is 8.42 Å². The van der Waals surface area contributed by atoms with Gasteiger partial charge >= 0.3 is 0 Å². The fourth-order valence-electron chi connectivity index (χ4n) is 5.51. The zero-order chi connectivity index (χ0) is 33.8. The van der Waals surface area contributed by atoms with Gasteiger partial charge in [-0.05, 0) is 89.8 Å². The quantitative estimate of drug-likeness (QED) is 0.128. The van der Waals surface area contributed by atoms with Gasteiger partial charge in [0.15, 0.2) is 5.65 Å². The van der Waals surface area contributed by atoms with Crippen molar-refractivity contribution in [2.45, 2.75) is 37.8 Å². The Morgan fingerprint density at radius 2 is 1.33 bits per heavy atom. The summed E-state index contributed by atoms with van der Waals surface area (Å²) in [4.78, 5) is 5.00. The van der Waals surface area contributed by atoms with Crippen LogP contribution >= 0.6 is 11.6 Å². The maximum atomic E-state index is 14.1. The summed E-state index contributed by atoms with van der Waals surface area (Å²) in [5, 5.41) is 0.583. The van der Waals surface area contributed by atoms with E-state index >= 15 is 0 Å². The third-order valence-corrected chi connectivity index (χ3v) is 10.1. The van der Waals surface area contributed by atoms with E-state index < -0.39 is 10.0 Å². The van der Waals surface area contributed by atoms with Crippen molar-refractivity contribution >= 4 is 27.3 Å².